The molecule has 2 heterocycles. The number of carbonyl (C=O) groups excluding carboxylic acids is 2. The molecular weight excluding hydrogens is 290 g/mol. The standard InChI is InChI=1S/C15H23N3O2.ClH/c1-9-13(11(3)19)10(2)17-14(9)15(20)18-7-5-12(16-4)6-8-18;/h12,16-17H,5-8H2,1-4H3;1H. The summed E-state index contributed by atoms with van der Waals surface area (Å²) in [4.78, 5) is 29.2. The molecule has 0 aromatic carbocycles. The quantitative estimate of drug-likeness (QED) is 0.840. The van der Waals surface area contributed by atoms with Gasteiger partial charge in [0, 0.05) is 30.4 Å². The highest BCUT2D eigenvalue weighted by Crippen LogP contribution is 2.21. The van der Waals surface area contributed by atoms with Crippen molar-refractivity contribution >= 4 is 24.1 Å². The van der Waals surface area contributed by atoms with Crippen LogP contribution in [0.5, 0.6) is 0 Å². The second kappa shape index (κ2) is 7.09. The Morgan fingerprint density at radius 1 is 1.24 bits per heavy atom. The number of hydrogen-bond acceptors (Lipinski definition) is 3. The van der Waals surface area contributed by atoms with E-state index in [0.717, 1.165) is 37.2 Å². The topological polar surface area (TPSA) is 65.2 Å². The molecule has 0 radical (unpaired) electrons. The van der Waals surface area contributed by atoms with Crippen LogP contribution >= 0.6 is 12.4 Å². The summed E-state index contributed by atoms with van der Waals surface area (Å²) in [5.41, 5.74) is 2.77. The lowest BCUT2D eigenvalue weighted by atomic mass is 10.0. The molecule has 1 fully saturated rings. The number of ketones is 1. The summed E-state index contributed by atoms with van der Waals surface area (Å²) in [6.45, 7) is 6.74. The monoisotopic (exact) mass is 313 g/mol. The number of halogens is 1. The molecule has 1 aliphatic heterocycles. The van der Waals surface area contributed by atoms with Gasteiger partial charge in [0.2, 0.25) is 0 Å². The number of rotatable bonds is 3. The lowest BCUT2D eigenvalue weighted by Crippen LogP contribution is -2.44. The Morgan fingerprint density at radius 3 is 2.24 bits per heavy atom. The predicted molar refractivity (Wildman–Crippen MR) is 85.5 cm³/mol. The van der Waals surface area contributed by atoms with E-state index in [0.29, 0.717) is 17.3 Å². The number of aromatic amines is 1. The second-order valence-corrected chi connectivity index (χ2v) is 5.54. The molecule has 1 aromatic heterocycles. The number of aromatic nitrogens is 1. The molecule has 1 aliphatic rings. The fraction of sp³-hybridized carbons (Fsp3) is 0.600. The maximum absolute atomic E-state index is 12.6. The molecule has 1 aromatic rings. The van der Waals surface area contributed by atoms with Crippen molar-refractivity contribution in [3.05, 3.63) is 22.5 Å². The largest absolute Gasteiger partial charge is 0.354 e. The Bertz CT molecular complexity index is 531. The highest BCUT2D eigenvalue weighted by molar-refractivity contribution is 6.02. The number of Topliss-reactive ketones (excluding diaryl/α,β-unsaturated/α-hetero) is 1. The molecule has 2 N–H and O–H groups in total. The van der Waals surface area contributed by atoms with Crippen LogP contribution in [0.15, 0.2) is 0 Å². The molecule has 118 valence electrons. The van der Waals surface area contributed by atoms with E-state index in [4.69, 9.17) is 0 Å². The summed E-state index contributed by atoms with van der Waals surface area (Å²) in [6.07, 6.45) is 1.95. The number of carbonyl (C=O) groups is 2. The summed E-state index contributed by atoms with van der Waals surface area (Å²) < 4.78 is 0. The fourth-order valence-electron chi connectivity index (χ4n) is 3.02. The number of aryl methyl sites for hydroxylation is 1. The van der Waals surface area contributed by atoms with Crippen LogP contribution in [-0.2, 0) is 0 Å². The number of H-pyrrole nitrogens is 1. The van der Waals surface area contributed by atoms with Crippen LogP contribution in [0, 0.1) is 13.8 Å². The summed E-state index contributed by atoms with van der Waals surface area (Å²) in [7, 11) is 1.96. The molecule has 6 heteroatoms. The van der Waals surface area contributed by atoms with Gasteiger partial charge in [-0.2, -0.15) is 0 Å². The van der Waals surface area contributed by atoms with Gasteiger partial charge in [0.05, 0.1) is 0 Å². The molecule has 2 rings (SSSR count). The molecule has 0 spiro atoms. The van der Waals surface area contributed by atoms with Crippen LogP contribution in [0.1, 0.15) is 51.9 Å². The van der Waals surface area contributed by atoms with E-state index >= 15 is 0 Å². The van der Waals surface area contributed by atoms with Gasteiger partial charge in [-0.3, -0.25) is 9.59 Å². The Balaban J connectivity index is 0.00000220. The lowest BCUT2D eigenvalue weighted by molar-refractivity contribution is 0.0701. The molecule has 1 amide bonds. The Morgan fingerprint density at radius 2 is 1.81 bits per heavy atom. The van der Waals surface area contributed by atoms with Gasteiger partial charge in [-0.1, -0.05) is 0 Å². The van der Waals surface area contributed by atoms with Crippen LogP contribution in [0.4, 0.5) is 0 Å². The van der Waals surface area contributed by atoms with Crippen molar-refractivity contribution in [1.82, 2.24) is 15.2 Å². The predicted octanol–water partition coefficient (Wildman–Crippen LogP) is 2.08. The summed E-state index contributed by atoms with van der Waals surface area (Å²) in [5, 5.41) is 3.25. The highest BCUT2D eigenvalue weighted by Gasteiger charge is 2.26. The van der Waals surface area contributed by atoms with Gasteiger partial charge in [0.15, 0.2) is 5.78 Å². The molecule has 0 bridgehead atoms. The molecule has 1 saturated heterocycles. The second-order valence-electron chi connectivity index (χ2n) is 5.54. The van der Waals surface area contributed by atoms with Crippen molar-refractivity contribution in [1.29, 1.82) is 0 Å². The maximum Gasteiger partial charge on any atom is 0.270 e. The van der Waals surface area contributed by atoms with E-state index in [2.05, 4.69) is 10.3 Å². The number of nitrogens with one attached hydrogen (secondary N) is 2. The fourth-order valence-corrected chi connectivity index (χ4v) is 3.02. The smallest absolute Gasteiger partial charge is 0.270 e. The molecule has 21 heavy (non-hydrogen) atoms. The highest BCUT2D eigenvalue weighted by atomic mass is 35.5. The van der Waals surface area contributed by atoms with Crippen molar-refractivity contribution in [2.24, 2.45) is 0 Å². The first-order chi connectivity index (χ1) is 9.45. The molecule has 0 atom stereocenters. The normalized spacial score (nSPS) is 15.7. The van der Waals surface area contributed by atoms with Crippen LogP contribution < -0.4 is 5.32 Å². The van der Waals surface area contributed by atoms with Crippen LogP contribution in [0.3, 0.4) is 0 Å². The summed E-state index contributed by atoms with van der Waals surface area (Å²) in [5.74, 6) is 0.0110. The van der Waals surface area contributed by atoms with E-state index < -0.39 is 0 Å². The van der Waals surface area contributed by atoms with Gasteiger partial charge in [-0.15, -0.1) is 12.4 Å². The summed E-state index contributed by atoms with van der Waals surface area (Å²) in [6, 6.07) is 0.498. The van der Waals surface area contributed by atoms with Gasteiger partial charge in [-0.25, -0.2) is 0 Å². The molecule has 0 unspecified atom stereocenters. The third kappa shape index (κ3) is 3.47. The zero-order valence-electron chi connectivity index (χ0n) is 13.1. The van der Waals surface area contributed by atoms with Gasteiger partial charge >= 0.3 is 0 Å². The van der Waals surface area contributed by atoms with Crippen LogP contribution in [0.25, 0.3) is 0 Å². The van der Waals surface area contributed by atoms with E-state index in [1.54, 1.807) is 0 Å². The zero-order valence-corrected chi connectivity index (χ0v) is 13.9. The SMILES string of the molecule is CNC1CCN(C(=O)c2[nH]c(C)c(C(C)=O)c2C)CC1.Cl. The Kier molecular flexibility index (Phi) is 5.98. The van der Waals surface area contributed by atoms with Gasteiger partial charge < -0.3 is 15.2 Å². The molecule has 0 aliphatic carbocycles. The van der Waals surface area contributed by atoms with Crippen LogP contribution in [0.2, 0.25) is 0 Å². The zero-order chi connectivity index (χ0) is 14.9. The number of hydrogen-bond donors (Lipinski definition) is 2. The van der Waals surface area contributed by atoms with Gasteiger partial charge in [0.1, 0.15) is 5.69 Å². The first kappa shape index (κ1) is 17.7. The Hall–Kier alpha value is -1.33. The lowest BCUT2D eigenvalue weighted by Gasteiger charge is -2.31. The molecule has 5 nitrogen and oxygen atoms in total. The van der Waals surface area contributed by atoms with Crippen molar-refractivity contribution in [3.63, 3.8) is 0 Å². The van der Waals surface area contributed by atoms with E-state index in [-0.39, 0.29) is 24.1 Å². The summed E-state index contributed by atoms with van der Waals surface area (Å²) >= 11 is 0. The molecule has 0 saturated carbocycles. The number of likely N-dealkylation sites (tertiary alicyclic amines) is 1. The first-order valence-electron chi connectivity index (χ1n) is 7.12. The van der Waals surface area contributed by atoms with Gasteiger partial charge in [-0.05, 0) is 46.2 Å². The minimum Gasteiger partial charge on any atom is -0.354 e. The third-order valence-corrected chi connectivity index (χ3v) is 4.19. The van der Waals surface area contributed by atoms with Crippen LogP contribution in [-0.4, -0.2) is 47.8 Å². The van der Waals surface area contributed by atoms with Crippen molar-refractivity contribution in [2.75, 3.05) is 20.1 Å². The minimum absolute atomic E-state index is 0. The van der Waals surface area contributed by atoms with Crippen molar-refractivity contribution < 1.29 is 9.59 Å². The van der Waals surface area contributed by atoms with E-state index in [1.165, 1.54) is 6.92 Å². The average molecular weight is 314 g/mol. The minimum atomic E-state index is 0. The number of piperidine rings is 1. The first-order valence-corrected chi connectivity index (χ1v) is 7.12. The third-order valence-electron chi connectivity index (χ3n) is 4.19. The van der Waals surface area contributed by atoms with Gasteiger partial charge in [0.25, 0.3) is 5.91 Å². The van der Waals surface area contributed by atoms with E-state index in [9.17, 15) is 9.59 Å². The number of amides is 1. The number of nitrogens with zero attached hydrogens (tertiary/aromatic N) is 1. The van der Waals surface area contributed by atoms with E-state index in [1.807, 2.05) is 25.8 Å². The van der Waals surface area contributed by atoms with Crippen molar-refractivity contribution in [3.8, 4) is 0 Å². The molecular formula is C15H24ClN3O2. The Labute approximate surface area is 131 Å². The van der Waals surface area contributed by atoms with Crippen molar-refractivity contribution in [2.45, 2.75) is 39.7 Å². The average Bonchev–Trinajstić information content (AvgIpc) is 2.73. The maximum atomic E-state index is 12.6.